The summed E-state index contributed by atoms with van der Waals surface area (Å²) in [6.07, 6.45) is 2.89. The molecule has 8 nitrogen and oxygen atoms in total. The van der Waals surface area contributed by atoms with Gasteiger partial charge in [0.2, 0.25) is 5.95 Å². The molecule has 25 heavy (non-hydrogen) atoms. The fraction of sp³-hybridized carbons (Fsp3) is 0.529. The first-order valence-electron chi connectivity index (χ1n) is 8.46. The summed E-state index contributed by atoms with van der Waals surface area (Å²) in [6, 6.07) is 1.80. The summed E-state index contributed by atoms with van der Waals surface area (Å²) < 4.78 is 5.02. The molecule has 0 spiro atoms. The van der Waals surface area contributed by atoms with Crippen LogP contribution >= 0.6 is 0 Å². The van der Waals surface area contributed by atoms with E-state index in [0.29, 0.717) is 43.6 Å². The Morgan fingerprint density at radius 1 is 1.40 bits per heavy atom. The zero-order valence-corrected chi connectivity index (χ0v) is 14.7. The summed E-state index contributed by atoms with van der Waals surface area (Å²) in [5.41, 5.74) is 1.03. The van der Waals surface area contributed by atoms with E-state index >= 15 is 0 Å². The number of likely N-dealkylation sites (tertiary alicyclic amines) is 1. The summed E-state index contributed by atoms with van der Waals surface area (Å²) in [5.74, 6) is 0.170. The van der Waals surface area contributed by atoms with E-state index < -0.39 is 0 Å². The van der Waals surface area contributed by atoms with Crippen molar-refractivity contribution in [2.24, 2.45) is 0 Å². The van der Waals surface area contributed by atoms with E-state index in [9.17, 15) is 9.59 Å². The molecule has 1 aliphatic heterocycles. The molecule has 0 aromatic carbocycles. The number of aromatic nitrogens is 2. The lowest BCUT2D eigenvalue weighted by Crippen LogP contribution is -2.42. The number of carbonyl (C=O) groups is 2. The molecule has 0 aliphatic carbocycles. The molecule has 1 aromatic heterocycles. The van der Waals surface area contributed by atoms with Crippen molar-refractivity contribution in [3.05, 3.63) is 30.1 Å². The standard InChI is InChI=1S/C17H25N5O3/c1-4-8-18-15(23)14-11-12(3)19-16(21-14)20-13-6-9-22(10-7-13)17(24)25-5-2/h4,11,13H,1,5-10H2,2-3H3,(H,18,23)(H,19,20,21). The molecule has 0 radical (unpaired) electrons. The lowest BCUT2D eigenvalue weighted by atomic mass is 10.1. The molecule has 2 rings (SSSR count). The fourth-order valence-electron chi connectivity index (χ4n) is 2.61. The molecule has 2 heterocycles. The van der Waals surface area contributed by atoms with Crippen molar-refractivity contribution in [3.63, 3.8) is 0 Å². The van der Waals surface area contributed by atoms with Gasteiger partial charge < -0.3 is 20.3 Å². The molecule has 2 N–H and O–H groups in total. The second kappa shape index (κ2) is 9.00. The zero-order chi connectivity index (χ0) is 18.2. The van der Waals surface area contributed by atoms with Gasteiger partial charge in [-0.2, -0.15) is 0 Å². The molecule has 136 valence electrons. The SMILES string of the molecule is C=CCNC(=O)c1cc(C)nc(NC2CCN(C(=O)OCC)CC2)n1. The minimum Gasteiger partial charge on any atom is -0.450 e. The van der Waals surface area contributed by atoms with Crippen molar-refractivity contribution in [1.82, 2.24) is 20.2 Å². The van der Waals surface area contributed by atoms with E-state index in [1.807, 2.05) is 6.92 Å². The first-order valence-corrected chi connectivity index (χ1v) is 8.46. The summed E-state index contributed by atoms with van der Waals surface area (Å²) in [7, 11) is 0. The Kier molecular flexibility index (Phi) is 6.73. The van der Waals surface area contributed by atoms with Crippen molar-refractivity contribution < 1.29 is 14.3 Å². The second-order valence-corrected chi connectivity index (χ2v) is 5.82. The molecular formula is C17H25N5O3. The van der Waals surface area contributed by atoms with Gasteiger partial charge in [0.1, 0.15) is 5.69 Å². The van der Waals surface area contributed by atoms with Gasteiger partial charge in [0, 0.05) is 31.4 Å². The van der Waals surface area contributed by atoms with Crippen LogP contribution in [0.4, 0.5) is 10.7 Å². The molecule has 8 heteroatoms. The van der Waals surface area contributed by atoms with Gasteiger partial charge >= 0.3 is 6.09 Å². The normalized spacial score (nSPS) is 14.7. The third-order valence-electron chi connectivity index (χ3n) is 3.85. The van der Waals surface area contributed by atoms with Crippen molar-refractivity contribution >= 4 is 17.9 Å². The van der Waals surface area contributed by atoms with Gasteiger partial charge in [-0.05, 0) is 32.8 Å². The maximum absolute atomic E-state index is 12.0. The monoisotopic (exact) mass is 347 g/mol. The number of hydrogen-bond acceptors (Lipinski definition) is 6. The van der Waals surface area contributed by atoms with E-state index in [2.05, 4.69) is 27.2 Å². The average molecular weight is 347 g/mol. The van der Waals surface area contributed by atoms with Gasteiger partial charge in [-0.25, -0.2) is 14.8 Å². The Hall–Kier alpha value is -2.64. The van der Waals surface area contributed by atoms with E-state index in [1.54, 1.807) is 24.0 Å². The van der Waals surface area contributed by atoms with E-state index in [0.717, 1.165) is 12.8 Å². The molecule has 1 saturated heterocycles. The van der Waals surface area contributed by atoms with E-state index in [-0.39, 0.29) is 18.0 Å². The van der Waals surface area contributed by atoms with Crippen molar-refractivity contribution in [1.29, 1.82) is 0 Å². The lowest BCUT2D eigenvalue weighted by molar-refractivity contribution is 0.0949. The Morgan fingerprint density at radius 3 is 2.76 bits per heavy atom. The van der Waals surface area contributed by atoms with Gasteiger partial charge in [-0.3, -0.25) is 4.79 Å². The number of anilines is 1. The van der Waals surface area contributed by atoms with Crippen LogP contribution in [0.2, 0.25) is 0 Å². The topological polar surface area (TPSA) is 96.5 Å². The molecule has 1 aliphatic rings. The van der Waals surface area contributed by atoms with Crippen molar-refractivity contribution in [2.75, 3.05) is 31.6 Å². The van der Waals surface area contributed by atoms with Crippen LogP contribution in [0.25, 0.3) is 0 Å². The van der Waals surface area contributed by atoms with Crippen LogP contribution < -0.4 is 10.6 Å². The minimum absolute atomic E-state index is 0.150. The minimum atomic E-state index is -0.270. The largest absolute Gasteiger partial charge is 0.450 e. The number of amides is 2. The summed E-state index contributed by atoms with van der Waals surface area (Å²) in [5, 5.41) is 5.97. The first kappa shape index (κ1) is 18.7. The molecule has 1 aromatic rings. The number of nitrogens with one attached hydrogen (secondary N) is 2. The molecule has 0 atom stereocenters. The van der Waals surface area contributed by atoms with Gasteiger partial charge in [0.25, 0.3) is 5.91 Å². The van der Waals surface area contributed by atoms with E-state index in [4.69, 9.17) is 4.74 Å². The summed E-state index contributed by atoms with van der Waals surface area (Å²) in [6.45, 7) is 9.19. The number of nitrogens with zero attached hydrogens (tertiary/aromatic N) is 3. The highest BCUT2D eigenvalue weighted by Crippen LogP contribution is 2.16. The lowest BCUT2D eigenvalue weighted by Gasteiger charge is -2.31. The molecule has 0 bridgehead atoms. The van der Waals surface area contributed by atoms with Crippen LogP contribution in [-0.4, -0.2) is 59.2 Å². The highest BCUT2D eigenvalue weighted by atomic mass is 16.6. The smallest absolute Gasteiger partial charge is 0.409 e. The first-order chi connectivity index (χ1) is 12.0. The Morgan fingerprint density at radius 2 is 2.12 bits per heavy atom. The van der Waals surface area contributed by atoms with Gasteiger partial charge in [-0.1, -0.05) is 6.08 Å². The van der Waals surface area contributed by atoms with Crippen molar-refractivity contribution in [2.45, 2.75) is 32.7 Å². The Balaban J connectivity index is 1.95. The number of carbonyl (C=O) groups excluding carboxylic acids is 2. The zero-order valence-electron chi connectivity index (χ0n) is 14.7. The third-order valence-corrected chi connectivity index (χ3v) is 3.85. The molecule has 2 amide bonds. The number of rotatable bonds is 6. The van der Waals surface area contributed by atoms with Crippen molar-refractivity contribution in [3.8, 4) is 0 Å². The van der Waals surface area contributed by atoms with Crippen LogP contribution in [0.5, 0.6) is 0 Å². The molecule has 0 unspecified atom stereocenters. The number of aryl methyl sites for hydroxylation is 1. The van der Waals surface area contributed by atoms with Gasteiger partial charge in [0.05, 0.1) is 6.61 Å². The predicted octanol–water partition coefficient (Wildman–Crippen LogP) is 1.73. The van der Waals surface area contributed by atoms with Gasteiger partial charge in [-0.15, -0.1) is 6.58 Å². The maximum Gasteiger partial charge on any atom is 0.409 e. The van der Waals surface area contributed by atoms with Crippen LogP contribution in [0.1, 0.15) is 35.9 Å². The molecular weight excluding hydrogens is 322 g/mol. The average Bonchev–Trinajstić information content (AvgIpc) is 2.60. The summed E-state index contributed by atoms with van der Waals surface area (Å²) >= 11 is 0. The summed E-state index contributed by atoms with van der Waals surface area (Å²) in [4.78, 5) is 34.1. The highest BCUT2D eigenvalue weighted by Gasteiger charge is 2.24. The quantitative estimate of drug-likeness (QED) is 0.761. The Bertz CT molecular complexity index is 627. The number of ether oxygens (including phenoxy) is 1. The van der Waals surface area contributed by atoms with Crippen LogP contribution in [0.3, 0.4) is 0 Å². The number of hydrogen-bond donors (Lipinski definition) is 2. The fourth-order valence-corrected chi connectivity index (χ4v) is 2.61. The third kappa shape index (κ3) is 5.44. The highest BCUT2D eigenvalue weighted by molar-refractivity contribution is 5.92. The maximum atomic E-state index is 12.0. The van der Waals surface area contributed by atoms with Crippen LogP contribution in [0, 0.1) is 6.92 Å². The van der Waals surface area contributed by atoms with Crippen LogP contribution in [0.15, 0.2) is 18.7 Å². The van der Waals surface area contributed by atoms with E-state index in [1.165, 1.54) is 0 Å². The second-order valence-electron chi connectivity index (χ2n) is 5.82. The molecule has 0 saturated carbocycles. The Labute approximate surface area is 147 Å². The predicted molar refractivity (Wildman–Crippen MR) is 94.5 cm³/mol. The number of piperidine rings is 1. The van der Waals surface area contributed by atoms with Gasteiger partial charge in [0.15, 0.2) is 0 Å². The van der Waals surface area contributed by atoms with Crippen LogP contribution in [-0.2, 0) is 4.74 Å². The molecule has 1 fully saturated rings.